The summed E-state index contributed by atoms with van der Waals surface area (Å²) in [6.45, 7) is 3.04. The Balaban J connectivity index is 1.90. The van der Waals surface area contributed by atoms with Crippen molar-refractivity contribution >= 4 is 0 Å². The molecule has 17 heavy (non-hydrogen) atoms. The Labute approximate surface area is 100.0 Å². The van der Waals surface area contributed by atoms with Gasteiger partial charge in [-0.15, -0.1) is 0 Å². The van der Waals surface area contributed by atoms with Crippen LogP contribution in [0.2, 0.25) is 0 Å². The van der Waals surface area contributed by atoms with Gasteiger partial charge in [0, 0.05) is 7.05 Å². The smallest absolute Gasteiger partial charge is 0.134 e. The molecule has 0 aliphatic carbocycles. The highest BCUT2D eigenvalue weighted by molar-refractivity contribution is 5.31. The van der Waals surface area contributed by atoms with Gasteiger partial charge in [0.2, 0.25) is 0 Å². The molecular weight excluding hydrogens is 218 g/mol. The Morgan fingerprint density at radius 3 is 2.29 bits per heavy atom. The molecule has 0 aliphatic rings. The summed E-state index contributed by atoms with van der Waals surface area (Å²) in [5, 5.41) is 8.10. The van der Waals surface area contributed by atoms with Gasteiger partial charge in [-0.3, -0.25) is 0 Å². The van der Waals surface area contributed by atoms with Crippen LogP contribution < -0.4 is 9.47 Å². The summed E-state index contributed by atoms with van der Waals surface area (Å²) in [6, 6.07) is 7.52. The third kappa shape index (κ3) is 3.21. The number of benzene rings is 1. The largest absolute Gasteiger partial charge is 0.494 e. The fourth-order valence-corrected chi connectivity index (χ4v) is 1.41. The highest BCUT2D eigenvalue weighted by atomic mass is 16.5. The van der Waals surface area contributed by atoms with Crippen molar-refractivity contribution in [2.45, 2.75) is 13.5 Å². The van der Waals surface area contributed by atoms with Crippen molar-refractivity contribution in [1.82, 2.24) is 15.0 Å². The summed E-state index contributed by atoms with van der Waals surface area (Å²) in [4.78, 5) is 1.51. The van der Waals surface area contributed by atoms with Gasteiger partial charge in [0.1, 0.15) is 23.8 Å². The van der Waals surface area contributed by atoms with Gasteiger partial charge < -0.3 is 9.47 Å². The molecular formula is C12H15N3O2. The monoisotopic (exact) mass is 233 g/mol. The first-order valence-electron chi connectivity index (χ1n) is 5.49. The lowest BCUT2D eigenvalue weighted by Crippen LogP contribution is -1.98. The van der Waals surface area contributed by atoms with Crippen molar-refractivity contribution in [3.8, 4) is 11.5 Å². The van der Waals surface area contributed by atoms with E-state index in [-0.39, 0.29) is 0 Å². The second-order valence-electron chi connectivity index (χ2n) is 3.52. The zero-order valence-corrected chi connectivity index (χ0v) is 9.96. The third-order valence-corrected chi connectivity index (χ3v) is 2.17. The van der Waals surface area contributed by atoms with E-state index in [1.807, 2.05) is 31.2 Å². The molecule has 5 nitrogen and oxygen atoms in total. The van der Waals surface area contributed by atoms with Crippen molar-refractivity contribution in [1.29, 1.82) is 0 Å². The number of aryl methyl sites for hydroxylation is 1. The van der Waals surface area contributed by atoms with Crippen molar-refractivity contribution in [2.24, 2.45) is 7.05 Å². The van der Waals surface area contributed by atoms with Crippen LogP contribution in [0.1, 0.15) is 12.6 Å². The van der Waals surface area contributed by atoms with Crippen molar-refractivity contribution in [3.63, 3.8) is 0 Å². The maximum absolute atomic E-state index is 5.57. The number of aromatic nitrogens is 3. The Morgan fingerprint density at radius 1 is 1.12 bits per heavy atom. The van der Waals surface area contributed by atoms with Gasteiger partial charge in [-0.05, 0) is 31.2 Å². The Hall–Kier alpha value is -2.04. The van der Waals surface area contributed by atoms with E-state index in [0.717, 1.165) is 17.2 Å². The van der Waals surface area contributed by atoms with E-state index < -0.39 is 0 Å². The molecule has 0 bridgehead atoms. The summed E-state index contributed by atoms with van der Waals surface area (Å²) in [5.41, 5.74) is 0.807. The average Bonchev–Trinajstić information content (AvgIpc) is 2.75. The molecule has 2 aromatic rings. The van der Waals surface area contributed by atoms with Crippen LogP contribution in [0.5, 0.6) is 11.5 Å². The Bertz CT molecular complexity index is 465. The maximum atomic E-state index is 5.57. The van der Waals surface area contributed by atoms with Crippen LogP contribution in [0.3, 0.4) is 0 Å². The van der Waals surface area contributed by atoms with Gasteiger partial charge in [0.15, 0.2) is 0 Å². The molecule has 0 unspecified atom stereocenters. The van der Waals surface area contributed by atoms with Crippen LogP contribution in [0, 0.1) is 0 Å². The molecule has 0 radical (unpaired) electrons. The van der Waals surface area contributed by atoms with E-state index in [1.165, 1.54) is 4.80 Å². The highest BCUT2D eigenvalue weighted by Gasteiger charge is 2.00. The van der Waals surface area contributed by atoms with E-state index >= 15 is 0 Å². The first-order valence-corrected chi connectivity index (χ1v) is 5.49. The summed E-state index contributed by atoms with van der Waals surface area (Å²) >= 11 is 0. The Kier molecular flexibility index (Phi) is 3.59. The number of ether oxygens (including phenoxy) is 2. The molecule has 0 aliphatic heterocycles. The van der Waals surface area contributed by atoms with Gasteiger partial charge in [0.05, 0.1) is 12.8 Å². The predicted octanol–water partition coefficient (Wildman–Crippen LogP) is 1.79. The molecule has 0 saturated heterocycles. The molecule has 0 spiro atoms. The highest BCUT2D eigenvalue weighted by Crippen LogP contribution is 2.18. The number of nitrogens with zero attached hydrogens (tertiary/aromatic N) is 3. The van der Waals surface area contributed by atoms with Crippen LogP contribution in [0.15, 0.2) is 30.5 Å². The van der Waals surface area contributed by atoms with Gasteiger partial charge in [-0.25, -0.2) is 0 Å². The van der Waals surface area contributed by atoms with Gasteiger partial charge in [0.25, 0.3) is 0 Å². The molecule has 5 heteroatoms. The van der Waals surface area contributed by atoms with Crippen molar-refractivity contribution < 1.29 is 9.47 Å². The minimum absolute atomic E-state index is 0.418. The molecule has 2 rings (SSSR count). The van der Waals surface area contributed by atoms with Crippen LogP contribution in [-0.4, -0.2) is 21.6 Å². The first-order chi connectivity index (χ1) is 8.28. The average molecular weight is 233 g/mol. The quantitative estimate of drug-likeness (QED) is 0.790. The van der Waals surface area contributed by atoms with Gasteiger partial charge >= 0.3 is 0 Å². The third-order valence-electron chi connectivity index (χ3n) is 2.17. The second kappa shape index (κ2) is 5.34. The molecule has 1 aromatic heterocycles. The maximum Gasteiger partial charge on any atom is 0.134 e. The standard InChI is InChI=1S/C12H15N3O2/c1-3-16-11-4-6-12(7-5-11)17-9-10-8-13-15(2)14-10/h4-8H,3,9H2,1-2H3. The van der Waals surface area contributed by atoms with Crippen LogP contribution in [0.4, 0.5) is 0 Å². The lowest BCUT2D eigenvalue weighted by atomic mass is 10.3. The number of rotatable bonds is 5. The molecule has 1 aromatic carbocycles. The Morgan fingerprint density at radius 2 is 1.76 bits per heavy atom. The summed E-state index contributed by atoms with van der Waals surface area (Å²) in [5.74, 6) is 1.64. The normalized spacial score (nSPS) is 10.2. The summed E-state index contributed by atoms with van der Waals surface area (Å²) < 4.78 is 10.9. The van der Waals surface area contributed by atoms with Gasteiger partial charge in [-0.2, -0.15) is 15.0 Å². The van der Waals surface area contributed by atoms with Crippen LogP contribution in [-0.2, 0) is 13.7 Å². The lowest BCUT2D eigenvalue weighted by Gasteiger charge is -2.06. The minimum atomic E-state index is 0.418. The zero-order chi connectivity index (χ0) is 12.1. The minimum Gasteiger partial charge on any atom is -0.494 e. The van der Waals surface area contributed by atoms with E-state index in [0.29, 0.717) is 13.2 Å². The molecule has 0 saturated carbocycles. The van der Waals surface area contributed by atoms with Gasteiger partial charge in [-0.1, -0.05) is 0 Å². The second-order valence-corrected chi connectivity index (χ2v) is 3.52. The molecule has 0 atom stereocenters. The zero-order valence-electron chi connectivity index (χ0n) is 9.96. The topological polar surface area (TPSA) is 49.2 Å². The molecule has 0 fully saturated rings. The number of hydrogen-bond donors (Lipinski definition) is 0. The van der Waals surface area contributed by atoms with Crippen LogP contribution in [0.25, 0.3) is 0 Å². The molecule has 0 amide bonds. The molecule has 90 valence electrons. The lowest BCUT2D eigenvalue weighted by molar-refractivity contribution is 0.298. The molecule has 1 heterocycles. The fourth-order valence-electron chi connectivity index (χ4n) is 1.41. The van der Waals surface area contributed by atoms with E-state index in [1.54, 1.807) is 13.2 Å². The fraction of sp³-hybridized carbons (Fsp3) is 0.333. The molecule has 0 N–H and O–H groups in total. The van der Waals surface area contributed by atoms with E-state index in [4.69, 9.17) is 9.47 Å². The van der Waals surface area contributed by atoms with Crippen molar-refractivity contribution in [2.75, 3.05) is 6.61 Å². The SMILES string of the molecule is CCOc1ccc(OCc2cnn(C)n2)cc1. The van der Waals surface area contributed by atoms with E-state index in [2.05, 4.69) is 10.2 Å². The van der Waals surface area contributed by atoms with Crippen LogP contribution >= 0.6 is 0 Å². The predicted molar refractivity (Wildman–Crippen MR) is 62.9 cm³/mol. The summed E-state index contributed by atoms with van der Waals surface area (Å²) in [6.07, 6.45) is 1.69. The first kappa shape index (κ1) is 11.4. The van der Waals surface area contributed by atoms with Crippen molar-refractivity contribution in [3.05, 3.63) is 36.2 Å². The van der Waals surface area contributed by atoms with E-state index in [9.17, 15) is 0 Å². The number of hydrogen-bond acceptors (Lipinski definition) is 4. The summed E-state index contributed by atoms with van der Waals surface area (Å²) in [7, 11) is 1.78.